The van der Waals surface area contributed by atoms with Crippen LogP contribution in [0.5, 0.6) is 0 Å². The summed E-state index contributed by atoms with van der Waals surface area (Å²) in [7, 11) is 0. The molecule has 3 nitrogen and oxygen atoms in total. The summed E-state index contributed by atoms with van der Waals surface area (Å²) in [4.78, 5) is 0. The maximum absolute atomic E-state index is 8.98. The zero-order valence-corrected chi connectivity index (χ0v) is 4.79. The second kappa shape index (κ2) is 1.69. The summed E-state index contributed by atoms with van der Waals surface area (Å²) >= 11 is 0. The summed E-state index contributed by atoms with van der Waals surface area (Å²) in [5.74, 6) is -1.08. The lowest BCUT2D eigenvalue weighted by atomic mass is 10.2. The van der Waals surface area contributed by atoms with Crippen LogP contribution in [0, 0.1) is 0 Å². The third kappa shape index (κ3) is 1.18. The van der Waals surface area contributed by atoms with Crippen LogP contribution in [0.1, 0.15) is 19.8 Å². The monoisotopic (exact) mass is 118 g/mol. The molecule has 0 spiro atoms. The van der Waals surface area contributed by atoms with Gasteiger partial charge < -0.3 is 14.9 Å². The third-order valence-corrected chi connectivity index (χ3v) is 1.25. The summed E-state index contributed by atoms with van der Waals surface area (Å²) in [6.45, 7) is 1.54. The molecule has 1 saturated heterocycles. The van der Waals surface area contributed by atoms with E-state index >= 15 is 0 Å². The van der Waals surface area contributed by atoms with Gasteiger partial charge in [-0.1, -0.05) is 0 Å². The smallest absolute Gasteiger partial charge is 0.165 e. The van der Waals surface area contributed by atoms with Crippen molar-refractivity contribution >= 4 is 0 Å². The highest BCUT2D eigenvalue weighted by Crippen LogP contribution is 2.25. The average molecular weight is 118 g/mol. The molecule has 8 heavy (non-hydrogen) atoms. The van der Waals surface area contributed by atoms with Crippen molar-refractivity contribution in [1.82, 2.24) is 0 Å². The summed E-state index contributed by atoms with van der Waals surface area (Å²) < 4.78 is 4.66. The molecule has 0 bridgehead atoms. The van der Waals surface area contributed by atoms with E-state index in [1.165, 1.54) is 0 Å². The van der Waals surface area contributed by atoms with Crippen molar-refractivity contribution in [3.63, 3.8) is 0 Å². The fourth-order valence-electron chi connectivity index (χ4n) is 0.802. The van der Waals surface area contributed by atoms with Crippen molar-refractivity contribution in [3.8, 4) is 0 Å². The largest absolute Gasteiger partial charge is 0.368 e. The molecule has 1 heterocycles. The molecule has 0 radical (unpaired) electrons. The van der Waals surface area contributed by atoms with E-state index in [1.54, 1.807) is 6.92 Å². The Labute approximate surface area is 47.9 Å². The highest BCUT2D eigenvalue weighted by Gasteiger charge is 2.32. The van der Waals surface area contributed by atoms with Gasteiger partial charge in [-0.2, -0.15) is 0 Å². The number of hydrogen-bond donors (Lipinski definition) is 2. The summed E-state index contributed by atoms with van der Waals surface area (Å²) in [6.07, 6.45) is 0.297. The molecule has 0 aromatic rings. The quantitative estimate of drug-likeness (QED) is 0.464. The van der Waals surface area contributed by atoms with E-state index < -0.39 is 12.1 Å². The second-order valence-electron chi connectivity index (χ2n) is 2.29. The van der Waals surface area contributed by atoms with Crippen LogP contribution in [0.15, 0.2) is 0 Å². The summed E-state index contributed by atoms with van der Waals surface area (Å²) in [5.41, 5.74) is 0. The molecular formula is C5H10O3. The van der Waals surface area contributed by atoms with E-state index in [0.717, 1.165) is 0 Å². The van der Waals surface area contributed by atoms with Crippen molar-refractivity contribution in [1.29, 1.82) is 0 Å². The molecule has 2 unspecified atom stereocenters. The Morgan fingerprint density at radius 2 is 2.38 bits per heavy atom. The Morgan fingerprint density at radius 3 is 2.50 bits per heavy atom. The number of hydrogen-bond acceptors (Lipinski definition) is 3. The van der Waals surface area contributed by atoms with Gasteiger partial charge in [-0.25, -0.2) is 0 Å². The molecular weight excluding hydrogens is 108 g/mol. The van der Waals surface area contributed by atoms with Crippen LogP contribution in [0.25, 0.3) is 0 Å². The predicted molar refractivity (Wildman–Crippen MR) is 26.9 cm³/mol. The van der Waals surface area contributed by atoms with Gasteiger partial charge in [0.2, 0.25) is 0 Å². The third-order valence-electron chi connectivity index (χ3n) is 1.25. The maximum Gasteiger partial charge on any atom is 0.165 e. The van der Waals surface area contributed by atoms with Crippen molar-refractivity contribution in [3.05, 3.63) is 0 Å². The van der Waals surface area contributed by atoms with Gasteiger partial charge in [0.05, 0.1) is 0 Å². The average Bonchev–Trinajstić information content (AvgIpc) is 1.82. The molecule has 2 N–H and O–H groups in total. The Bertz CT molecular complexity index is 89.7. The van der Waals surface area contributed by atoms with Gasteiger partial charge >= 0.3 is 0 Å². The molecule has 1 aliphatic rings. The summed E-state index contributed by atoms with van der Waals surface area (Å²) in [5, 5.41) is 17.7. The molecule has 1 rings (SSSR count). The van der Waals surface area contributed by atoms with Crippen LogP contribution >= 0.6 is 0 Å². The Hall–Kier alpha value is -0.120. The van der Waals surface area contributed by atoms with Gasteiger partial charge in [0.25, 0.3) is 0 Å². The number of aliphatic hydroxyl groups is 2. The molecule has 1 fully saturated rings. The van der Waals surface area contributed by atoms with Gasteiger partial charge in [0, 0.05) is 12.8 Å². The first-order valence-corrected chi connectivity index (χ1v) is 2.68. The van der Waals surface area contributed by atoms with Crippen molar-refractivity contribution < 1.29 is 14.9 Å². The topological polar surface area (TPSA) is 49.7 Å². The normalized spacial score (nSPS) is 47.6. The van der Waals surface area contributed by atoms with Gasteiger partial charge in [-0.05, 0) is 6.92 Å². The van der Waals surface area contributed by atoms with Crippen LogP contribution in [-0.2, 0) is 4.74 Å². The van der Waals surface area contributed by atoms with Crippen LogP contribution in [-0.4, -0.2) is 22.3 Å². The molecule has 1 aliphatic heterocycles. The van der Waals surface area contributed by atoms with Crippen LogP contribution in [0.4, 0.5) is 0 Å². The van der Waals surface area contributed by atoms with E-state index in [4.69, 9.17) is 10.2 Å². The molecule has 48 valence electrons. The zero-order chi connectivity index (χ0) is 6.20. The van der Waals surface area contributed by atoms with E-state index in [0.29, 0.717) is 12.8 Å². The number of rotatable bonds is 0. The molecule has 2 atom stereocenters. The highest BCUT2D eigenvalue weighted by atomic mass is 16.7. The number of aliphatic hydroxyl groups excluding tert-OH is 1. The predicted octanol–water partition coefficient (Wildman–Crippen LogP) is -0.176. The molecule has 0 amide bonds. The minimum absolute atomic E-state index is 0.522. The summed E-state index contributed by atoms with van der Waals surface area (Å²) in [6, 6.07) is 0. The maximum atomic E-state index is 8.98. The highest BCUT2D eigenvalue weighted by molar-refractivity contribution is 4.68. The first-order valence-electron chi connectivity index (χ1n) is 2.68. The van der Waals surface area contributed by atoms with Gasteiger partial charge in [0.1, 0.15) is 0 Å². The van der Waals surface area contributed by atoms with Gasteiger partial charge in [0.15, 0.2) is 12.1 Å². The van der Waals surface area contributed by atoms with E-state index in [1.807, 2.05) is 0 Å². The van der Waals surface area contributed by atoms with Gasteiger partial charge in [-0.3, -0.25) is 0 Å². The first-order chi connectivity index (χ1) is 3.60. The molecule has 0 saturated carbocycles. The Balaban J connectivity index is 2.44. The Morgan fingerprint density at radius 1 is 1.75 bits per heavy atom. The SMILES string of the molecule is CC1(O)CCC(O)O1. The Kier molecular flexibility index (Phi) is 1.27. The molecule has 0 aromatic carbocycles. The van der Waals surface area contributed by atoms with Crippen molar-refractivity contribution in [2.75, 3.05) is 0 Å². The minimum atomic E-state index is -1.08. The zero-order valence-electron chi connectivity index (χ0n) is 4.79. The second-order valence-corrected chi connectivity index (χ2v) is 2.29. The fraction of sp³-hybridized carbons (Fsp3) is 1.00. The number of ether oxygens (including phenoxy) is 1. The van der Waals surface area contributed by atoms with Crippen LogP contribution in [0.2, 0.25) is 0 Å². The minimum Gasteiger partial charge on any atom is -0.368 e. The van der Waals surface area contributed by atoms with E-state index in [9.17, 15) is 0 Å². The standard InChI is InChI=1S/C5H10O3/c1-5(7)3-2-4(6)8-5/h4,6-7H,2-3H2,1H3. The van der Waals surface area contributed by atoms with Crippen LogP contribution < -0.4 is 0 Å². The van der Waals surface area contributed by atoms with Crippen molar-refractivity contribution in [2.45, 2.75) is 31.8 Å². The lowest BCUT2D eigenvalue weighted by Gasteiger charge is -2.14. The molecule has 0 aromatic heterocycles. The van der Waals surface area contributed by atoms with Gasteiger partial charge in [-0.15, -0.1) is 0 Å². The molecule has 3 heteroatoms. The molecule has 0 aliphatic carbocycles. The van der Waals surface area contributed by atoms with Crippen LogP contribution in [0.3, 0.4) is 0 Å². The lowest BCUT2D eigenvalue weighted by molar-refractivity contribution is -0.224. The first kappa shape index (κ1) is 6.01. The fourth-order valence-corrected chi connectivity index (χ4v) is 0.802. The van der Waals surface area contributed by atoms with E-state index in [2.05, 4.69) is 4.74 Å². The van der Waals surface area contributed by atoms with Crippen molar-refractivity contribution in [2.24, 2.45) is 0 Å². The lowest BCUT2D eigenvalue weighted by Crippen LogP contribution is -2.23. The van der Waals surface area contributed by atoms with E-state index in [-0.39, 0.29) is 0 Å².